The van der Waals surface area contributed by atoms with Crippen LogP contribution in [0.25, 0.3) is 0 Å². The van der Waals surface area contributed by atoms with Crippen LogP contribution in [0.4, 0.5) is 105 Å². The molecule has 0 bridgehead atoms. The van der Waals surface area contributed by atoms with Gasteiger partial charge < -0.3 is 14.6 Å². The molecule has 27 heteroatoms. The molecule has 282 valence electrons. The molecule has 1 saturated heterocycles. The van der Waals surface area contributed by atoms with E-state index in [1.54, 1.807) is 0 Å². The second kappa shape index (κ2) is 12.5. The van der Waals surface area contributed by atoms with E-state index in [0.717, 1.165) is 0 Å². The maximum absolute atomic E-state index is 14.0. The van der Waals surface area contributed by atoms with E-state index >= 15 is 0 Å². The largest absolute Gasteiger partial charge is 0.394 e. The monoisotopic (exact) mass is 760 g/mol. The molecule has 0 amide bonds. The van der Waals surface area contributed by atoms with Gasteiger partial charge in [0.15, 0.2) is 0 Å². The number of aliphatic hydroxyl groups is 1. The number of aliphatic hydroxyl groups excluding tert-OH is 1. The van der Waals surface area contributed by atoms with Crippen molar-refractivity contribution in [2.75, 3.05) is 19.8 Å². The minimum atomic E-state index is -9.49. The molecule has 1 aliphatic heterocycles. The Balaban J connectivity index is 3.54. The van der Waals surface area contributed by atoms with Gasteiger partial charge in [-0.05, 0) is 12.8 Å². The number of alkyl halides is 24. The van der Waals surface area contributed by atoms with Crippen LogP contribution in [0.5, 0.6) is 0 Å². The maximum Gasteiger partial charge on any atom is 0.385 e. The van der Waals surface area contributed by atoms with Gasteiger partial charge >= 0.3 is 71.6 Å². The number of hydrogen-bond acceptors (Lipinski definition) is 3. The van der Waals surface area contributed by atoms with Crippen LogP contribution in [0, 0.1) is 0 Å². The van der Waals surface area contributed by atoms with Gasteiger partial charge in [0.05, 0.1) is 25.9 Å². The molecule has 1 heterocycles. The maximum atomic E-state index is 14.0. The van der Waals surface area contributed by atoms with E-state index in [0.29, 0.717) is 0 Å². The molecule has 1 aliphatic rings. The summed E-state index contributed by atoms with van der Waals surface area (Å²) in [6.07, 6.45) is -13.9. The number of ether oxygens (including phenoxy) is 2. The van der Waals surface area contributed by atoms with Crippen LogP contribution >= 0.6 is 0 Å². The number of hydrogen-bond donors (Lipinski definition) is 1. The van der Waals surface area contributed by atoms with Crippen LogP contribution in [-0.4, -0.2) is 109 Å². The Bertz CT molecular complexity index is 1070. The van der Waals surface area contributed by atoms with Gasteiger partial charge in [-0.3, -0.25) is 0 Å². The van der Waals surface area contributed by atoms with E-state index in [-0.39, 0.29) is 13.2 Å². The fraction of sp³-hybridized carbons (Fsp3) is 1.00. The Hall–Kier alpha value is -1.80. The lowest BCUT2D eigenvalue weighted by atomic mass is 9.84. The summed E-state index contributed by atoms with van der Waals surface area (Å²) in [7, 11) is 0. The first kappa shape index (κ1) is 43.2. The topological polar surface area (TPSA) is 42.0 Å². The third-order valence-electron chi connectivity index (χ3n) is 6.45. The second-order valence-corrected chi connectivity index (χ2v) is 9.78. The van der Waals surface area contributed by atoms with Crippen LogP contribution in [0.1, 0.15) is 19.3 Å². The summed E-state index contributed by atoms with van der Waals surface area (Å²) in [6, 6.07) is 0. The average Bonchev–Trinajstić information content (AvgIpc) is 3.73. The molecule has 0 aliphatic carbocycles. The van der Waals surface area contributed by atoms with Gasteiger partial charge in [-0.25, -0.2) is 8.78 Å². The molecule has 0 radical (unpaired) electrons. The van der Waals surface area contributed by atoms with E-state index in [1.807, 2.05) is 0 Å². The summed E-state index contributed by atoms with van der Waals surface area (Å²) >= 11 is 0. The summed E-state index contributed by atoms with van der Waals surface area (Å²) in [5, 5.41) is 8.98. The van der Waals surface area contributed by atoms with Crippen molar-refractivity contribution in [3.63, 3.8) is 0 Å². The van der Waals surface area contributed by atoms with Gasteiger partial charge in [0.1, 0.15) is 6.10 Å². The Morgan fingerprint density at radius 1 is 0.553 bits per heavy atom. The molecule has 47 heavy (non-hydrogen) atoms. The smallest absolute Gasteiger partial charge is 0.385 e. The quantitative estimate of drug-likeness (QED) is 0.107. The van der Waals surface area contributed by atoms with Crippen molar-refractivity contribution in [2.24, 2.45) is 0 Å². The molecule has 2 unspecified atom stereocenters. The molecule has 0 aromatic rings. The van der Waals surface area contributed by atoms with Gasteiger partial charge in [-0.2, -0.15) is 96.6 Å². The SMILES string of the molecule is OCC(CCCC(F)(F)C(F)(F)C(F)(F)C(F)(F)C(F)(F)C(F)(F)C(F)(F)C(F)(F)C(F)(F)C(F)(F)C(F)(F)C(F)F)OCC1CO1. The summed E-state index contributed by atoms with van der Waals surface area (Å²) in [5.74, 6) is -96.3. The fourth-order valence-corrected chi connectivity index (χ4v) is 3.30. The zero-order chi connectivity index (χ0) is 37.9. The van der Waals surface area contributed by atoms with Gasteiger partial charge in [-0.1, -0.05) is 0 Å². The molecular weight excluding hydrogens is 744 g/mol. The minimum Gasteiger partial charge on any atom is -0.394 e. The molecule has 0 spiro atoms. The molecule has 2 atom stereocenters. The van der Waals surface area contributed by atoms with Gasteiger partial charge in [-0.15, -0.1) is 0 Å². The lowest BCUT2D eigenvalue weighted by Gasteiger charge is -2.45. The highest BCUT2D eigenvalue weighted by Gasteiger charge is 2.98. The normalized spacial score (nSPS) is 19.4. The number of rotatable bonds is 19. The van der Waals surface area contributed by atoms with Gasteiger partial charge in [0.25, 0.3) is 0 Å². The van der Waals surface area contributed by atoms with E-state index in [4.69, 9.17) is 9.84 Å². The van der Waals surface area contributed by atoms with Crippen molar-refractivity contribution in [1.29, 1.82) is 0 Å². The Labute approximate surface area is 244 Å². The van der Waals surface area contributed by atoms with Crippen LogP contribution in [0.15, 0.2) is 0 Å². The van der Waals surface area contributed by atoms with E-state index < -0.39 is 110 Å². The third kappa shape index (κ3) is 6.37. The Morgan fingerprint density at radius 2 is 0.872 bits per heavy atom. The summed E-state index contributed by atoms with van der Waals surface area (Å²) in [6.45, 7) is -1.41. The Morgan fingerprint density at radius 3 is 1.17 bits per heavy atom. The molecule has 3 nitrogen and oxygen atoms in total. The lowest BCUT2D eigenvalue weighted by molar-refractivity contribution is -0.476. The van der Waals surface area contributed by atoms with E-state index in [2.05, 4.69) is 4.74 Å². The van der Waals surface area contributed by atoms with Crippen molar-refractivity contribution in [1.82, 2.24) is 0 Å². The first-order valence-electron chi connectivity index (χ1n) is 11.7. The summed E-state index contributed by atoms with van der Waals surface area (Å²) in [4.78, 5) is 0. The van der Waals surface area contributed by atoms with Crippen molar-refractivity contribution >= 4 is 0 Å². The predicted molar refractivity (Wildman–Crippen MR) is 101 cm³/mol. The van der Waals surface area contributed by atoms with Gasteiger partial charge in [0.2, 0.25) is 0 Å². The highest BCUT2D eigenvalue weighted by atomic mass is 19.4. The molecule has 0 aromatic carbocycles. The number of epoxide rings is 1. The van der Waals surface area contributed by atoms with Crippen LogP contribution in [-0.2, 0) is 9.47 Å². The van der Waals surface area contributed by atoms with E-state index in [1.165, 1.54) is 0 Å². The molecular formula is C20H16F24O3. The van der Waals surface area contributed by atoms with Crippen molar-refractivity contribution in [3.8, 4) is 0 Å². The summed E-state index contributed by atoms with van der Waals surface area (Å²) in [5.41, 5.74) is 0. The fourth-order valence-electron chi connectivity index (χ4n) is 3.30. The first-order valence-corrected chi connectivity index (χ1v) is 11.7. The molecule has 0 saturated carbocycles. The Kier molecular flexibility index (Phi) is 11.5. The van der Waals surface area contributed by atoms with Crippen LogP contribution in [0.2, 0.25) is 0 Å². The van der Waals surface area contributed by atoms with E-state index in [9.17, 15) is 105 Å². The molecule has 1 fully saturated rings. The van der Waals surface area contributed by atoms with Crippen LogP contribution in [0.3, 0.4) is 0 Å². The molecule has 0 aromatic heterocycles. The highest BCUT2D eigenvalue weighted by molar-refractivity contribution is 5.19. The minimum absolute atomic E-state index is 0.0859. The molecule has 1 N–H and O–H groups in total. The number of halogens is 24. The highest BCUT2D eigenvalue weighted by Crippen LogP contribution is 2.67. The lowest BCUT2D eigenvalue weighted by Crippen LogP contribution is -2.78. The zero-order valence-electron chi connectivity index (χ0n) is 21.8. The average molecular weight is 760 g/mol. The zero-order valence-corrected chi connectivity index (χ0v) is 21.8. The first-order chi connectivity index (χ1) is 20.5. The third-order valence-corrected chi connectivity index (χ3v) is 6.45. The van der Waals surface area contributed by atoms with Gasteiger partial charge in [0, 0.05) is 6.42 Å². The summed E-state index contributed by atoms with van der Waals surface area (Å²) < 4.78 is 334. The molecule has 1 rings (SSSR count). The van der Waals surface area contributed by atoms with Crippen molar-refractivity contribution < 1.29 is 120 Å². The van der Waals surface area contributed by atoms with Crippen LogP contribution < -0.4 is 0 Å². The van der Waals surface area contributed by atoms with Crippen molar-refractivity contribution in [3.05, 3.63) is 0 Å². The standard InChI is InChI=1S/C20H16F24O3/c21-9(22)11(25,26)13(29,30)15(33,34)17(37,38)19(41,42)20(43,44)18(39,40)16(35,36)14(31,32)12(27,28)10(23,24)3-1-2-7(4-45)46-5-8-6-47-8/h7-9,45H,1-6H2. The van der Waals surface area contributed by atoms with Crippen molar-refractivity contribution in [2.45, 2.75) is 103 Å². The second-order valence-electron chi connectivity index (χ2n) is 9.78. The predicted octanol–water partition coefficient (Wildman–Crippen LogP) is 8.19.